The van der Waals surface area contributed by atoms with Crippen molar-refractivity contribution in [2.24, 2.45) is 0 Å². The Morgan fingerprint density at radius 2 is 1.59 bits per heavy atom. The number of amides is 1. The first-order valence-electron chi connectivity index (χ1n) is 10.4. The molecule has 4 aromatic rings. The molecule has 5 nitrogen and oxygen atoms in total. The van der Waals surface area contributed by atoms with Crippen LogP contribution >= 0.6 is 0 Å². The molecule has 5 rings (SSSR count). The Hall–Kier alpha value is -4.12. The molecule has 0 aliphatic carbocycles. The van der Waals surface area contributed by atoms with E-state index in [0.29, 0.717) is 5.69 Å². The van der Waals surface area contributed by atoms with Crippen LogP contribution in [-0.2, 0) is 6.42 Å². The van der Waals surface area contributed by atoms with Crippen LogP contribution in [0.3, 0.4) is 0 Å². The average molecular weight is 423 g/mol. The van der Waals surface area contributed by atoms with Gasteiger partial charge in [-0.15, -0.1) is 0 Å². The van der Waals surface area contributed by atoms with E-state index < -0.39 is 17.6 Å². The number of benzene rings is 3. The zero-order chi connectivity index (χ0) is 22.2. The molecular weight excluding hydrogens is 402 g/mol. The van der Waals surface area contributed by atoms with Gasteiger partial charge in [0.2, 0.25) is 0 Å². The van der Waals surface area contributed by atoms with Gasteiger partial charge in [0.1, 0.15) is 17.4 Å². The number of aromatic hydroxyl groups is 1. The van der Waals surface area contributed by atoms with E-state index in [0.717, 1.165) is 16.7 Å². The number of carbonyl (C=O) groups is 1. The molecule has 1 N–H and O–H groups in total. The molecule has 0 spiro atoms. The first-order valence-corrected chi connectivity index (χ1v) is 10.4. The van der Waals surface area contributed by atoms with Crippen molar-refractivity contribution in [1.29, 1.82) is 0 Å². The second kappa shape index (κ2) is 7.85. The second-order valence-electron chi connectivity index (χ2n) is 7.95. The third-order valence-electron chi connectivity index (χ3n) is 5.78. The molecule has 5 heteroatoms. The zero-order valence-electron chi connectivity index (χ0n) is 17.5. The first kappa shape index (κ1) is 19.8. The highest BCUT2D eigenvalue weighted by Gasteiger charge is 2.44. The van der Waals surface area contributed by atoms with Gasteiger partial charge in [0.25, 0.3) is 5.91 Å². The number of fused-ring (bicyclic) bond motifs is 1. The SMILES string of the molecule is Cc1cccc(N2C(=O)c3c(oc(=O)c(Cc4ccccc4)c3O)C2c2ccccc2)c1. The van der Waals surface area contributed by atoms with Gasteiger partial charge in [0, 0.05) is 12.1 Å². The van der Waals surface area contributed by atoms with Crippen molar-refractivity contribution in [2.75, 3.05) is 4.90 Å². The third-order valence-corrected chi connectivity index (χ3v) is 5.78. The molecular formula is C27H21NO4. The van der Waals surface area contributed by atoms with E-state index in [1.54, 1.807) is 4.90 Å². The van der Waals surface area contributed by atoms with Gasteiger partial charge >= 0.3 is 5.63 Å². The maximum atomic E-state index is 13.6. The quantitative estimate of drug-likeness (QED) is 0.502. The third kappa shape index (κ3) is 3.28. The summed E-state index contributed by atoms with van der Waals surface area (Å²) in [5, 5.41) is 11.1. The van der Waals surface area contributed by atoms with Gasteiger partial charge in [-0.2, -0.15) is 0 Å². The van der Waals surface area contributed by atoms with E-state index in [4.69, 9.17) is 4.42 Å². The minimum absolute atomic E-state index is 0.0471. The molecule has 0 bridgehead atoms. The Labute approximate surface area is 185 Å². The molecule has 1 aliphatic heterocycles. The fourth-order valence-corrected chi connectivity index (χ4v) is 4.27. The summed E-state index contributed by atoms with van der Waals surface area (Å²) in [6.07, 6.45) is 0.177. The zero-order valence-corrected chi connectivity index (χ0v) is 17.5. The standard InChI is InChI=1S/C27H21NO4/c1-17-9-8-14-20(15-17)28-23(19-12-6-3-7-13-19)25-22(26(28)30)24(29)21(27(31)32-25)16-18-10-4-2-5-11-18/h2-15,23,29H,16H2,1H3. The summed E-state index contributed by atoms with van der Waals surface area (Å²) >= 11 is 0. The van der Waals surface area contributed by atoms with Crippen LogP contribution in [0.1, 0.15) is 44.4 Å². The maximum absolute atomic E-state index is 13.6. The highest BCUT2D eigenvalue weighted by Crippen LogP contribution is 2.44. The van der Waals surface area contributed by atoms with Gasteiger partial charge in [0.05, 0.1) is 5.56 Å². The van der Waals surface area contributed by atoms with Gasteiger partial charge in [0.15, 0.2) is 5.76 Å². The second-order valence-corrected chi connectivity index (χ2v) is 7.95. The molecule has 0 saturated heterocycles. The summed E-state index contributed by atoms with van der Waals surface area (Å²) in [6.45, 7) is 1.95. The maximum Gasteiger partial charge on any atom is 0.343 e. The van der Waals surface area contributed by atoms with Crippen LogP contribution in [-0.4, -0.2) is 11.0 Å². The van der Waals surface area contributed by atoms with E-state index in [9.17, 15) is 14.7 Å². The number of hydrogen-bond donors (Lipinski definition) is 1. The lowest BCUT2D eigenvalue weighted by atomic mass is 10.0. The first-order chi connectivity index (χ1) is 15.5. The lowest BCUT2D eigenvalue weighted by molar-refractivity contribution is 0.0991. The Bertz CT molecular complexity index is 1360. The molecule has 3 aromatic carbocycles. The number of rotatable bonds is 4. The van der Waals surface area contributed by atoms with Crippen molar-refractivity contribution < 1.29 is 14.3 Å². The number of hydrogen-bond acceptors (Lipinski definition) is 4. The molecule has 1 aliphatic rings. The molecule has 0 saturated carbocycles. The number of anilines is 1. The van der Waals surface area contributed by atoms with Crippen LogP contribution < -0.4 is 10.5 Å². The Morgan fingerprint density at radius 1 is 0.906 bits per heavy atom. The smallest absolute Gasteiger partial charge is 0.343 e. The molecule has 0 radical (unpaired) electrons. The van der Waals surface area contributed by atoms with Crippen LogP contribution in [0.25, 0.3) is 0 Å². The largest absolute Gasteiger partial charge is 0.506 e. The fourth-order valence-electron chi connectivity index (χ4n) is 4.27. The van der Waals surface area contributed by atoms with E-state index in [-0.39, 0.29) is 29.1 Å². The monoisotopic (exact) mass is 423 g/mol. The van der Waals surface area contributed by atoms with E-state index >= 15 is 0 Å². The number of nitrogens with zero attached hydrogens (tertiary/aromatic N) is 1. The molecule has 0 fully saturated rings. The van der Waals surface area contributed by atoms with Crippen molar-refractivity contribution in [3.8, 4) is 5.75 Å². The van der Waals surface area contributed by atoms with Crippen molar-refractivity contribution >= 4 is 11.6 Å². The summed E-state index contributed by atoms with van der Waals surface area (Å²) in [4.78, 5) is 28.1. The highest BCUT2D eigenvalue weighted by atomic mass is 16.4. The van der Waals surface area contributed by atoms with Gasteiger partial charge in [-0.05, 0) is 35.7 Å². The lowest BCUT2D eigenvalue weighted by Gasteiger charge is -2.25. The molecule has 1 aromatic heterocycles. The van der Waals surface area contributed by atoms with Crippen LogP contribution in [0, 0.1) is 6.92 Å². The van der Waals surface area contributed by atoms with E-state index in [2.05, 4.69) is 0 Å². The van der Waals surface area contributed by atoms with Gasteiger partial charge in [-0.25, -0.2) is 4.79 Å². The molecule has 1 unspecified atom stereocenters. The van der Waals surface area contributed by atoms with E-state index in [1.165, 1.54) is 0 Å². The number of aryl methyl sites for hydroxylation is 1. The lowest BCUT2D eigenvalue weighted by Crippen LogP contribution is -2.28. The van der Waals surface area contributed by atoms with Crippen LogP contribution in [0.2, 0.25) is 0 Å². The van der Waals surface area contributed by atoms with Crippen LogP contribution in [0.4, 0.5) is 5.69 Å². The average Bonchev–Trinajstić information content (AvgIpc) is 3.10. The van der Waals surface area contributed by atoms with Crippen LogP contribution in [0.5, 0.6) is 5.75 Å². The van der Waals surface area contributed by atoms with Crippen molar-refractivity contribution in [1.82, 2.24) is 0 Å². The van der Waals surface area contributed by atoms with Gasteiger partial charge < -0.3 is 9.52 Å². The molecule has 32 heavy (non-hydrogen) atoms. The van der Waals surface area contributed by atoms with Gasteiger partial charge in [-0.3, -0.25) is 9.69 Å². The van der Waals surface area contributed by atoms with Crippen molar-refractivity contribution in [2.45, 2.75) is 19.4 Å². The molecule has 1 amide bonds. The summed E-state index contributed by atoms with van der Waals surface area (Å²) in [5.41, 5.74) is 2.80. The highest BCUT2D eigenvalue weighted by molar-refractivity contribution is 6.13. The van der Waals surface area contributed by atoms with E-state index in [1.807, 2.05) is 91.9 Å². The minimum Gasteiger partial charge on any atom is -0.506 e. The summed E-state index contributed by atoms with van der Waals surface area (Å²) < 4.78 is 5.75. The fraction of sp³-hybridized carbons (Fsp3) is 0.111. The topological polar surface area (TPSA) is 70.8 Å². The van der Waals surface area contributed by atoms with Crippen LogP contribution in [0.15, 0.2) is 94.1 Å². The normalized spacial score (nSPS) is 15.1. The number of carbonyl (C=O) groups excluding carboxylic acids is 1. The van der Waals surface area contributed by atoms with Gasteiger partial charge in [-0.1, -0.05) is 72.8 Å². The van der Waals surface area contributed by atoms with Crippen molar-refractivity contribution in [3.63, 3.8) is 0 Å². The minimum atomic E-state index is -0.648. The summed E-state index contributed by atoms with van der Waals surface area (Å²) in [7, 11) is 0. The summed E-state index contributed by atoms with van der Waals surface area (Å²) in [5.74, 6) is -0.529. The summed E-state index contributed by atoms with van der Waals surface area (Å²) in [6, 6.07) is 25.6. The molecule has 1 atom stereocenters. The molecule has 2 heterocycles. The predicted molar refractivity (Wildman–Crippen MR) is 122 cm³/mol. The molecule has 158 valence electrons. The Morgan fingerprint density at radius 3 is 2.28 bits per heavy atom. The predicted octanol–water partition coefficient (Wildman–Crippen LogP) is 4.99. The van der Waals surface area contributed by atoms with Crippen molar-refractivity contribution in [3.05, 3.63) is 129 Å². The Balaban J connectivity index is 1.70. The Kier molecular flexibility index (Phi) is 4.86.